The molecule has 1 heterocycles. The number of ketones is 1. The Kier molecular flexibility index (Phi) is 3.34. The average molecular weight is 264 g/mol. The van der Waals surface area contributed by atoms with E-state index in [1.165, 1.54) is 18.4 Å². The third kappa shape index (κ3) is 2.68. The normalized spacial score (nSPS) is 11.4. The Labute approximate surface area is 105 Å². The molecule has 18 heavy (non-hydrogen) atoms. The number of carbonyl (C=O) groups excluding carboxylic acids is 1. The molecule has 0 unspecified atom stereocenters. The number of hydrogen-bond acceptors (Lipinski definition) is 4. The van der Waals surface area contributed by atoms with Crippen LogP contribution >= 0.6 is 0 Å². The van der Waals surface area contributed by atoms with Crippen LogP contribution in [0.5, 0.6) is 0 Å². The molecule has 0 bridgehead atoms. The third-order valence-corrected chi connectivity index (χ3v) is 4.08. The smallest absolute Gasteiger partial charge is 0.213 e. The average Bonchev–Trinajstić information content (AvgIpc) is 2.82. The van der Waals surface area contributed by atoms with Crippen LogP contribution in [-0.4, -0.2) is 20.0 Å². The minimum Gasteiger partial charge on any atom is -0.461 e. The maximum absolute atomic E-state index is 12.0. The molecule has 4 nitrogen and oxygen atoms in total. The maximum Gasteiger partial charge on any atom is 0.213 e. The molecule has 1 aromatic carbocycles. The number of hydrogen-bond donors (Lipinski definition) is 0. The lowest BCUT2D eigenvalue weighted by atomic mass is 10.2. The summed E-state index contributed by atoms with van der Waals surface area (Å²) in [6.45, 7) is 1.80. The van der Waals surface area contributed by atoms with Crippen molar-refractivity contribution in [2.24, 2.45) is 0 Å². The number of benzene rings is 1. The summed E-state index contributed by atoms with van der Waals surface area (Å²) in [6.07, 6.45) is 1.34. The van der Waals surface area contributed by atoms with E-state index in [9.17, 15) is 13.2 Å². The number of rotatable bonds is 4. The zero-order valence-electron chi connectivity index (χ0n) is 9.79. The highest BCUT2D eigenvalue weighted by Gasteiger charge is 2.21. The molecule has 0 atom stereocenters. The van der Waals surface area contributed by atoms with Gasteiger partial charge in [0, 0.05) is 0 Å². The first-order chi connectivity index (χ1) is 8.49. The van der Waals surface area contributed by atoms with Crippen LogP contribution in [0.4, 0.5) is 0 Å². The van der Waals surface area contributed by atoms with Gasteiger partial charge in [0.1, 0.15) is 5.75 Å². The summed E-state index contributed by atoms with van der Waals surface area (Å²) in [6, 6.07) is 9.48. The Hall–Kier alpha value is -1.88. The van der Waals surface area contributed by atoms with Crippen LogP contribution in [0.2, 0.25) is 0 Å². The van der Waals surface area contributed by atoms with Gasteiger partial charge in [0.15, 0.2) is 15.6 Å². The second-order valence-electron chi connectivity index (χ2n) is 3.98. The van der Waals surface area contributed by atoms with Crippen molar-refractivity contribution in [3.8, 4) is 0 Å². The molecule has 0 saturated carbocycles. The van der Waals surface area contributed by atoms with Gasteiger partial charge in [0.05, 0.1) is 11.2 Å². The van der Waals surface area contributed by atoms with Crippen molar-refractivity contribution in [2.45, 2.75) is 11.8 Å². The van der Waals surface area contributed by atoms with Gasteiger partial charge >= 0.3 is 0 Å². The van der Waals surface area contributed by atoms with Gasteiger partial charge in [0.25, 0.3) is 0 Å². The van der Waals surface area contributed by atoms with Gasteiger partial charge in [-0.15, -0.1) is 0 Å². The molecule has 0 amide bonds. The molecule has 1 aromatic heterocycles. The zero-order valence-corrected chi connectivity index (χ0v) is 10.6. The molecule has 94 valence electrons. The number of Topliss-reactive ketones (excluding diaryl/α,β-unsaturated/α-hetero) is 1. The van der Waals surface area contributed by atoms with Gasteiger partial charge in [0.2, 0.25) is 5.78 Å². The van der Waals surface area contributed by atoms with E-state index in [-0.39, 0.29) is 10.7 Å². The van der Waals surface area contributed by atoms with E-state index in [2.05, 4.69) is 0 Å². The summed E-state index contributed by atoms with van der Waals surface area (Å²) >= 11 is 0. The highest BCUT2D eigenvalue weighted by Crippen LogP contribution is 2.14. The van der Waals surface area contributed by atoms with Crippen LogP contribution in [0.1, 0.15) is 16.1 Å². The van der Waals surface area contributed by atoms with Crippen molar-refractivity contribution in [3.05, 3.63) is 54.0 Å². The lowest BCUT2D eigenvalue weighted by Gasteiger charge is -2.03. The van der Waals surface area contributed by atoms with E-state index < -0.39 is 21.4 Å². The van der Waals surface area contributed by atoms with Gasteiger partial charge in [-0.2, -0.15) is 0 Å². The van der Waals surface area contributed by atoms with Crippen LogP contribution in [0.25, 0.3) is 0 Å². The number of sulfone groups is 1. The van der Waals surface area contributed by atoms with E-state index in [1.807, 2.05) is 0 Å². The Morgan fingerprint density at radius 1 is 1.22 bits per heavy atom. The van der Waals surface area contributed by atoms with E-state index in [0.717, 1.165) is 5.56 Å². The Morgan fingerprint density at radius 3 is 2.61 bits per heavy atom. The molecule has 5 heteroatoms. The predicted octanol–water partition coefficient (Wildman–Crippen LogP) is 2.24. The zero-order chi connectivity index (χ0) is 13.2. The van der Waals surface area contributed by atoms with Crippen LogP contribution in [0.3, 0.4) is 0 Å². The van der Waals surface area contributed by atoms with E-state index in [1.54, 1.807) is 31.2 Å². The molecule has 0 fully saturated rings. The van der Waals surface area contributed by atoms with Crippen molar-refractivity contribution in [3.63, 3.8) is 0 Å². The summed E-state index contributed by atoms with van der Waals surface area (Å²) < 4.78 is 28.9. The molecule has 0 aliphatic carbocycles. The van der Waals surface area contributed by atoms with Crippen LogP contribution in [-0.2, 0) is 9.84 Å². The second kappa shape index (κ2) is 4.78. The molecule has 2 aromatic rings. The van der Waals surface area contributed by atoms with E-state index in [0.29, 0.717) is 0 Å². The van der Waals surface area contributed by atoms with Crippen LogP contribution in [0, 0.1) is 6.92 Å². The third-order valence-electron chi connectivity index (χ3n) is 2.47. The Morgan fingerprint density at radius 2 is 2.00 bits per heavy atom. The molecule has 0 aliphatic rings. The number of aryl methyl sites for hydroxylation is 1. The lowest BCUT2D eigenvalue weighted by Crippen LogP contribution is -2.16. The lowest BCUT2D eigenvalue weighted by molar-refractivity contribution is 0.0990. The summed E-state index contributed by atoms with van der Waals surface area (Å²) in [5.74, 6) is -1.06. The fourth-order valence-electron chi connectivity index (χ4n) is 1.57. The predicted molar refractivity (Wildman–Crippen MR) is 66.3 cm³/mol. The quantitative estimate of drug-likeness (QED) is 0.794. The highest BCUT2D eigenvalue weighted by atomic mass is 32.2. The first-order valence-electron chi connectivity index (χ1n) is 5.35. The fourth-order valence-corrected chi connectivity index (χ4v) is 2.88. The van der Waals surface area contributed by atoms with Gasteiger partial charge in [-0.3, -0.25) is 4.79 Å². The van der Waals surface area contributed by atoms with Crippen LogP contribution in [0.15, 0.2) is 52.0 Å². The molecule has 0 radical (unpaired) electrons. The largest absolute Gasteiger partial charge is 0.461 e. The highest BCUT2D eigenvalue weighted by molar-refractivity contribution is 7.92. The molecule has 0 spiro atoms. The molecular weight excluding hydrogens is 252 g/mol. The summed E-state index contributed by atoms with van der Waals surface area (Å²) in [7, 11) is -3.62. The fraction of sp³-hybridized carbons (Fsp3) is 0.154. The Bertz CT molecular complexity index is 654. The van der Waals surface area contributed by atoms with Gasteiger partial charge < -0.3 is 4.42 Å². The first-order valence-corrected chi connectivity index (χ1v) is 7.00. The van der Waals surface area contributed by atoms with Crippen LogP contribution < -0.4 is 0 Å². The van der Waals surface area contributed by atoms with E-state index in [4.69, 9.17) is 4.42 Å². The topological polar surface area (TPSA) is 64.3 Å². The van der Waals surface area contributed by atoms with Crippen molar-refractivity contribution in [1.29, 1.82) is 0 Å². The molecular formula is C13H12O4S. The van der Waals surface area contributed by atoms with E-state index >= 15 is 0 Å². The van der Waals surface area contributed by atoms with Crippen molar-refractivity contribution in [2.75, 3.05) is 5.75 Å². The van der Waals surface area contributed by atoms with Crippen molar-refractivity contribution < 1.29 is 17.6 Å². The standard InChI is InChI=1S/C13H12O4S/c1-10-4-2-5-11(8-10)18(15,16)9-12(14)13-6-3-7-17-13/h2-8H,9H2,1H3. The molecule has 2 rings (SSSR count). The molecule has 0 aliphatic heterocycles. The number of furan rings is 1. The molecule has 0 saturated heterocycles. The SMILES string of the molecule is Cc1cccc(S(=O)(=O)CC(=O)c2ccco2)c1. The minimum absolute atomic E-state index is 0.0613. The summed E-state index contributed by atoms with van der Waals surface area (Å²) in [5.41, 5.74) is 0.835. The monoisotopic (exact) mass is 264 g/mol. The summed E-state index contributed by atoms with van der Waals surface area (Å²) in [4.78, 5) is 11.9. The van der Waals surface area contributed by atoms with Crippen molar-refractivity contribution in [1.82, 2.24) is 0 Å². The van der Waals surface area contributed by atoms with Gasteiger partial charge in [-0.05, 0) is 36.8 Å². The second-order valence-corrected chi connectivity index (χ2v) is 5.97. The maximum atomic E-state index is 12.0. The van der Waals surface area contributed by atoms with Gasteiger partial charge in [-0.1, -0.05) is 12.1 Å². The van der Waals surface area contributed by atoms with Gasteiger partial charge in [-0.25, -0.2) is 8.42 Å². The number of carbonyl (C=O) groups is 1. The van der Waals surface area contributed by atoms with Crippen molar-refractivity contribution >= 4 is 15.6 Å². The summed E-state index contributed by atoms with van der Waals surface area (Å²) in [5, 5.41) is 0. The Balaban J connectivity index is 2.25. The minimum atomic E-state index is -3.62. The first kappa shape index (κ1) is 12.6. The molecule has 0 N–H and O–H groups in total.